The Morgan fingerprint density at radius 3 is 2.76 bits per heavy atom. The van der Waals surface area contributed by atoms with Crippen molar-refractivity contribution < 1.29 is 9.53 Å². The minimum Gasteiger partial charge on any atom is -0.365 e. The van der Waals surface area contributed by atoms with E-state index in [-0.39, 0.29) is 12.0 Å². The highest BCUT2D eigenvalue weighted by atomic mass is 16.5. The van der Waals surface area contributed by atoms with E-state index in [0.717, 1.165) is 24.1 Å². The van der Waals surface area contributed by atoms with Gasteiger partial charge in [-0.25, -0.2) is 0 Å². The Morgan fingerprint density at radius 1 is 1.36 bits per heavy atom. The molecule has 1 amide bonds. The number of carbonyl (C=O) groups excluding carboxylic acids is 1. The average molecular weight is 343 g/mol. The second-order valence-corrected chi connectivity index (χ2v) is 6.57. The molecule has 0 unspecified atom stereocenters. The maximum atomic E-state index is 12.6. The number of hydrogen-bond acceptors (Lipinski definition) is 5. The zero-order chi connectivity index (χ0) is 17.8. The van der Waals surface area contributed by atoms with Gasteiger partial charge in [-0.2, -0.15) is 4.68 Å². The number of rotatable bonds is 6. The monoisotopic (exact) mass is 343 g/mol. The zero-order valence-corrected chi connectivity index (χ0v) is 15.0. The SMILES string of the molecule is CC[C@H](OC1CCCC1)C(=O)Nc1ccc(C)c(-n2nnnc2C)c1. The van der Waals surface area contributed by atoms with E-state index in [4.69, 9.17) is 4.74 Å². The first-order valence-corrected chi connectivity index (χ1v) is 8.90. The number of nitrogens with one attached hydrogen (secondary N) is 1. The first-order chi connectivity index (χ1) is 12.1. The van der Waals surface area contributed by atoms with E-state index in [2.05, 4.69) is 20.8 Å². The zero-order valence-electron chi connectivity index (χ0n) is 15.0. The van der Waals surface area contributed by atoms with E-state index in [1.807, 2.05) is 39.0 Å². The van der Waals surface area contributed by atoms with Crippen LogP contribution in [0.5, 0.6) is 0 Å². The molecule has 1 aliphatic carbocycles. The van der Waals surface area contributed by atoms with Crippen molar-refractivity contribution in [1.82, 2.24) is 20.2 Å². The van der Waals surface area contributed by atoms with Crippen molar-refractivity contribution in [1.29, 1.82) is 0 Å². The van der Waals surface area contributed by atoms with Gasteiger partial charge in [0, 0.05) is 5.69 Å². The van der Waals surface area contributed by atoms with Gasteiger partial charge >= 0.3 is 0 Å². The Morgan fingerprint density at radius 2 is 2.12 bits per heavy atom. The van der Waals surface area contributed by atoms with Gasteiger partial charge < -0.3 is 10.1 Å². The van der Waals surface area contributed by atoms with Crippen molar-refractivity contribution in [2.75, 3.05) is 5.32 Å². The predicted molar refractivity (Wildman–Crippen MR) is 94.7 cm³/mol. The predicted octanol–water partition coefficient (Wildman–Crippen LogP) is 2.96. The van der Waals surface area contributed by atoms with Crippen molar-refractivity contribution in [3.8, 4) is 5.69 Å². The highest BCUT2D eigenvalue weighted by Gasteiger charge is 2.24. The van der Waals surface area contributed by atoms with Crippen LogP contribution in [0.15, 0.2) is 18.2 Å². The summed E-state index contributed by atoms with van der Waals surface area (Å²) in [7, 11) is 0. The molecule has 1 N–H and O–H groups in total. The van der Waals surface area contributed by atoms with Crippen LogP contribution in [0.4, 0.5) is 5.69 Å². The highest BCUT2D eigenvalue weighted by Crippen LogP contribution is 2.24. The number of aromatic nitrogens is 4. The standard InChI is InChI=1S/C18H25N5O2/c1-4-17(25-15-7-5-6-8-15)18(24)19-14-10-9-12(2)16(11-14)23-13(3)20-21-22-23/h9-11,15,17H,4-8H2,1-3H3,(H,19,24)/t17-/m0/s1. The average Bonchev–Trinajstić information content (AvgIpc) is 3.26. The van der Waals surface area contributed by atoms with Gasteiger partial charge in [-0.05, 0) is 61.2 Å². The van der Waals surface area contributed by atoms with Gasteiger partial charge in [-0.1, -0.05) is 25.8 Å². The third kappa shape index (κ3) is 4.04. The molecule has 0 spiro atoms. The van der Waals surface area contributed by atoms with Crippen LogP contribution in [-0.2, 0) is 9.53 Å². The number of tetrazole rings is 1. The Balaban J connectivity index is 1.73. The molecule has 7 heteroatoms. The minimum absolute atomic E-state index is 0.0994. The molecular weight excluding hydrogens is 318 g/mol. The van der Waals surface area contributed by atoms with Crippen molar-refractivity contribution in [3.63, 3.8) is 0 Å². The molecule has 0 saturated heterocycles. The molecule has 1 aromatic carbocycles. The summed E-state index contributed by atoms with van der Waals surface area (Å²) in [5.74, 6) is 0.597. The van der Waals surface area contributed by atoms with E-state index < -0.39 is 6.10 Å². The minimum atomic E-state index is -0.414. The summed E-state index contributed by atoms with van der Waals surface area (Å²) in [6.07, 6.45) is 4.95. The van der Waals surface area contributed by atoms with Gasteiger partial charge in [0.25, 0.3) is 5.91 Å². The van der Waals surface area contributed by atoms with Crippen LogP contribution in [0.1, 0.15) is 50.4 Å². The number of ether oxygens (including phenoxy) is 1. The van der Waals surface area contributed by atoms with Crippen molar-refractivity contribution in [2.24, 2.45) is 0 Å². The number of anilines is 1. The number of aryl methyl sites for hydroxylation is 2. The van der Waals surface area contributed by atoms with Gasteiger partial charge in [-0.3, -0.25) is 4.79 Å². The molecule has 1 atom stereocenters. The Hall–Kier alpha value is -2.28. The van der Waals surface area contributed by atoms with Crippen LogP contribution >= 0.6 is 0 Å². The Kier molecular flexibility index (Phi) is 5.43. The van der Waals surface area contributed by atoms with E-state index in [1.165, 1.54) is 12.8 Å². The van der Waals surface area contributed by atoms with Gasteiger partial charge in [0.15, 0.2) is 5.82 Å². The third-order valence-electron chi connectivity index (χ3n) is 4.65. The summed E-state index contributed by atoms with van der Waals surface area (Å²) in [5, 5.41) is 14.6. The van der Waals surface area contributed by atoms with E-state index in [1.54, 1.807) is 4.68 Å². The number of carbonyl (C=O) groups is 1. The van der Waals surface area contributed by atoms with E-state index >= 15 is 0 Å². The van der Waals surface area contributed by atoms with Crippen LogP contribution in [0.25, 0.3) is 5.69 Å². The summed E-state index contributed by atoms with van der Waals surface area (Å²) < 4.78 is 7.65. The fourth-order valence-electron chi connectivity index (χ4n) is 3.19. The molecule has 7 nitrogen and oxygen atoms in total. The lowest BCUT2D eigenvalue weighted by Gasteiger charge is -2.20. The van der Waals surface area contributed by atoms with Crippen LogP contribution in [0, 0.1) is 13.8 Å². The quantitative estimate of drug-likeness (QED) is 0.872. The molecule has 2 aromatic rings. The Bertz CT molecular complexity index is 737. The Labute approximate surface area is 147 Å². The largest absolute Gasteiger partial charge is 0.365 e. The molecule has 0 radical (unpaired) electrons. The molecule has 1 saturated carbocycles. The summed E-state index contributed by atoms with van der Waals surface area (Å²) in [6.45, 7) is 5.80. The van der Waals surface area contributed by atoms with Crippen molar-refractivity contribution in [2.45, 2.75) is 65.1 Å². The molecule has 0 bridgehead atoms. The third-order valence-corrected chi connectivity index (χ3v) is 4.65. The fourth-order valence-corrected chi connectivity index (χ4v) is 3.19. The van der Waals surface area contributed by atoms with Gasteiger partial charge in [0.1, 0.15) is 6.10 Å². The lowest BCUT2D eigenvalue weighted by Crippen LogP contribution is -2.32. The normalized spacial score (nSPS) is 16.1. The van der Waals surface area contributed by atoms with Crippen LogP contribution in [0.2, 0.25) is 0 Å². The second kappa shape index (κ2) is 7.74. The van der Waals surface area contributed by atoms with Crippen LogP contribution < -0.4 is 5.32 Å². The van der Waals surface area contributed by atoms with Crippen molar-refractivity contribution in [3.05, 3.63) is 29.6 Å². The van der Waals surface area contributed by atoms with Gasteiger partial charge in [0.05, 0.1) is 11.8 Å². The molecule has 3 rings (SSSR count). The van der Waals surface area contributed by atoms with Crippen LogP contribution in [-0.4, -0.2) is 38.3 Å². The lowest BCUT2D eigenvalue weighted by molar-refractivity contribution is -0.131. The fraction of sp³-hybridized carbons (Fsp3) is 0.556. The summed E-state index contributed by atoms with van der Waals surface area (Å²) >= 11 is 0. The topological polar surface area (TPSA) is 81.9 Å². The summed E-state index contributed by atoms with van der Waals surface area (Å²) in [5.41, 5.74) is 2.60. The summed E-state index contributed by atoms with van der Waals surface area (Å²) in [4.78, 5) is 12.6. The molecule has 1 fully saturated rings. The van der Waals surface area contributed by atoms with Gasteiger partial charge in [-0.15, -0.1) is 5.10 Å². The second-order valence-electron chi connectivity index (χ2n) is 6.57. The van der Waals surface area contributed by atoms with Crippen molar-refractivity contribution >= 4 is 11.6 Å². The van der Waals surface area contributed by atoms with Crippen LogP contribution in [0.3, 0.4) is 0 Å². The first-order valence-electron chi connectivity index (χ1n) is 8.90. The number of amides is 1. The summed E-state index contributed by atoms with van der Waals surface area (Å²) in [6, 6.07) is 5.72. The lowest BCUT2D eigenvalue weighted by atomic mass is 10.1. The maximum absolute atomic E-state index is 12.6. The van der Waals surface area contributed by atoms with Gasteiger partial charge in [0.2, 0.25) is 0 Å². The number of hydrogen-bond donors (Lipinski definition) is 1. The van der Waals surface area contributed by atoms with E-state index in [9.17, 15) is 4.79 Å². The molecular formula is C18H25N5O2. The molecule has 1 aromatic heterocycles. The number of benzene rings is 1. The smallest absolute Gasteiger partial charge is 0.253 e. The molecule has 1 aliphatic rings. The first kappa shape index (κ1) is 17.5. The van der Waals surface area contributed by atoms with E-state index in [0.29, 0.717) is 17.9 Å². The molecule has 1 heterocycles. The highest BCUT2D eigenvalue weighted by molar-refractivity contribution is 5.94. The number of nitrogens with zero attached hydrogens (tertiary/aromatic N) is 4. The molecule has 25 heavy (non-hydrogen) atoms. The molecule has 0 aliphatic heterocycles. The molecule has 134 valence electrons. The maximum Gasteiger partial charge on any atom is 0.253 e.